The molecule has 0 amide bonds. The lowest BCUT2D eigenvalue weighted by Gasteiger charge is -2.33. The standard InChI is InChI=1S/C12H18N2O/c1-14(11-3-2-8-13-9-11)10-4-6-12(15)7-5-10/h4-7,11,13,15H,2-3,8-9H2,1H3. The number of phenolic OH excluding ortho intramolecular Hbond substituents is 1. The number of aromatic hydroxyl groups is 1. The summed E-state index contributed by atoms with van der Waals surface area (Å²) in [5.41, 5.74) is 1.17. The van der Waals surface area contributed by atoms with Crippen LogP contribution in [0.3, 0.4) is 0 Å². The molecule has 1 unspecified atom stereocenters. The molecule has 3 nitrogen and oxygen atoms in total. The molecule has 3 heteroatoms. The zero-order valence-electron chi connectivity index (χ0n) is 9.11. The van der Waals surface area contributed by atoms with E-state index in [1.54, 1.807) is 12.1 Å². The highest BCUT2D eigenvalue weighted by Gasteiger charge is 2.17. The number of nitrogens with one attached hydrogen (secondary N) is 1. The number of phenols is 1. The van der Waals surface area contributed by atoms with E-state index in [0.29, 0.717) is 11.8 Å². The number of anilines is 1. The zero-order chi connectivity index (χ0) is 10.7. The first-order chi connectivity index (χ1) is 7.27. The van der Waals surface area contributed by atoms with E-state index in [-0.39, 0.29) is 0 Å². The Hall–Kier alpha value is -1.22. The maximum absolute atomic E-state index is 9.22. The predicted molar refractivity (Wildman–Crippen MR) is 62.4 cm³/mol. The van der Waals surface area contributed by atoms with Gasteiger partial charge in [-0.15, -0.1) is 0 Å². The quantitative estimate of drug-likeness (QED) is 0.771. The molecule has 2 N–H and O–H groups in total. The predicted octanol–water partition coefficient (Wildman–Crippen LogP) is 1.58. The van der Waals surface area contributed by atoms with Gasteiger partial charge in [0.2, 0.25) is 0 Å². The lowest BCUT2D eigenvalue weighted by molar-refractivity contribution is 0.444. The minimum atomic E-state index is 0.328. The molecule has 1 atom stereocenters. The summed E-state index contributed by atoms with van der Waals surface area (Å²) in [6.45, 7) is 2.19. The minimum Gasteiger partial charge on any atom is -0.508 e. The van der Waals surface area contributed by atoms with Gasteiger partial charge in [0.15, 0.2) is 0 Å². The second-order valence-electron chi connectivity index (χ2n) is 4.13. The Balaban J connectivity index is 2.05. The number of likely N-dealkylation sites (N-methyl/N-ethyl adjacent to an activating group) is 1. The van der Waals surface area contributed by atoms with E-state index in [2.05, 4.69) is 17.3 Å². The number of piperidine rings is 1. The van der Waals surface area contributed by atoms with Crippen LogP contribution >= 0.6 is 0 Å². The lowest BCUT2D eigenvalue weighted by atomic mass is 10.1. The smallest absolute Gasteiger partial charge is 0.115 e. The fourth-order valence-electron chi connectivity index (χ4n) is 2.06. The van der Waals surface area contributed by atoms with Crippen molar-refractivity contribution in [2.75, 3.05) is 25.0 Å². The van der Waals surface area contributed by atoms with E-state index in [1.807, 2.05) is 12.1 Å². The molecule has 0 bridgehead atoms. The highest BCUT2D eigenvalue weighted by molar-refractivity contribution is 5.49. The van der Waals surface area contributed by atoms with Crippen LogP contribution in [0.25, 0.3) is 0 Å². The molecule has 0 saturated carbocycles. The Morgan fingerprint density at radius 3 is 2.67 bits per heavy atom. The van der Waals surface area contributed by atoms with Crippen molar-refractivity contribution >= 4 is 5.69 Å². The van der Waals surface area contributed by atoms with Crippen LogP contribution in [0, 0.1) is 0 Å². The van der Waals surface area contributed by atoms with E-state index in [4.69, 9.17) is 0 Å². The molecule has 0 radical (unpaired) electrons. The van der Waals surface area contributed by atoms with E-state index in [9.17, 15) is 5.11 Å². The normalized spacial score (nSPS) is 21.3. The van der Waals surface area contributed by atoms with Crippen LogP contribution in [0.4, 0.5) is 5.69 Å². The lowest BCUT2D eigenvalue weighted by Crippen LogP contribution is -2.44. The van der Waals surface area contributed by atoms with Crippen molar-refractivity contribution in [2.45, 2.75) is 18.9 Å². The van der Waals surface area contributed by atoms with E-state index in [0.717, 1.165) is 13.1 Å². The third kappa shape index (κ3) is 2.42. The summed E-state index contributed by atoms with van der Waals surface area (Å²) in [5, 5.41) is 12.6. The van der Waals surface area contributed by atoms with Gasteiger partial charge in [-0.3, -0.25) is 0 Å². The van der Waals surface area contributed by atoms with Gasteiger partial charge in [0.1, 0.15) is 5.75 Å². The van der Waals surface area contributed by atoms with Crippen LogP contribution in [0.1, 0.15) is 12.8 Å². The Labute approximate surface area is 90.7 Å². The van der Waals surface area contributed by atoms with Crippen LogP contribution < -0.4 is 10.2 Å². The van der Waals surface area contributed by atoms with Crippen LogP contribution in [0.2, 0.25) is 0 Å². The second kappa shape index (κ2) is 4.53. The van der Waals surface area contributed by atoms with E-state index >= 15 is 0 Å². The van der Waals surface area contributed by atoms with Gasteiger partial charge < -0.3 is 15.3 Å². The molecule has 1 heterocycles. The molecule has 1 aromatic carbocycles. The molecule has 1 aliphatic rings. The summed E-state index contributed by atoms with van der Waals surface area (Å²) in [5.74, 6) is 0.328. The van der Waals surface area contributed by atoms with Crippen molar-refractivity contribution in [3.63, 3.8) is 0 Å². The van der Waals surface area contributed by atoms with Gasteiger partial charge in [0.05, 0.1) is 0 Å². The average Bonchev–Trinajstić information content (AvgIpc) is 2.30. The molecule has 15 heavy (non-hydrogen) atoms. The fraction of sp³-hybridized carbons (Fsp3) is 0.500. The number of hydrogen-bond acceptors (Lipinski definition) is 3. The summed E-state index contributed by atoms with van der Waals surface area (Å²) in [6, 6.07) is 7.97. The van der Waals surface area contributed by atoms with Crippen LogP contribution in [-0.2, 0) is 0 Å². The Morgan fingerprint density at radius 2 is 2.07 bits per heavy atom. The summed E-state index contributed by atoms with van der Waals surface area (Å²) < 4.78 is 0. The first kappa shape index (κ1) is 10.3. The summed E-state index contributed by atoms with van der Waals surface area (Å²) in [6.07, 6.45) is 2.48. The third-order valence-electron chi connectivity index (χ3n) is 3.08. The van der Waals surface area contributed by atoms with Crippen molar-refractivity contribution in [1.29, 1.82) is 0 Å². The number of nitrogens with zero attached hydrogens (tertiary/aromatic N) is 1. The molecule has 1 aliphatic heterocycles. The molecular weight excluding hydrogens is 188 g/mol. The van der Waals surface area contributed by atoms with Gasteiger partial charge in [-0.1, -0.05) is 0 Å². The minimum absolute atomic E-state index is 0.328. The van der Waals surface area contributed by atoms with Crippen LogP contribution in [0.5, 0.6) is 5.75 Å². The first-order valence-corrected chi connectivity index (χ1v) is 5.50. The molecule has 1 fully saturated rings. The van der Waals surface area contributed by atoms with E-state index < -0.39 is 0 Å². The monoisotopic (exact) mass is 206 g/mol. The molecule has 0 aliphatic carbocycles. The van der Waals surface area contributed by atoms with Crippen molar-refractivity contribution in [3.8, 4) is 5.75 Å². The fourth-order valence-corrected chi connectivity index (χ4v) is 2.06. The van der Waals surface area contributed by atoms with Crippen LogP contribution in [0.15, 0.2) is 24.3 Å². The van der Waals surface area contributed by atoms with Crippen molar-refractivity contribution in [3.05, 3.63) is 24.3 Å². The zero-order valence-corrected chi connectivity index (χ0v) is 9.11. The molecule has 1 aromatic rings. The Bertz CT molecular complexity index is 304. The molecular formula is C12H18N2O. The molecule has 1 saturated heterocycles. The molecule has 2 rings (SSSR count). The van der Waals surface area contributed by atoms with Gasteiger partial charge in [0, 0.05) is 25.3 Å². The highest BCUT2D eigenvalue weighted by atomic mass is 16.3. The van der Waals surface area contributed by atoms with Gasteiger partial charge in [-0.2, -0.15) is 0 Å². The van der Waals surface area contributed by atoms with E-state index in [1.165, 1.54) is 18.5 Å². The second-order valence-corrected chi connectivity index (χ2v) is 4.13. The Kier molecular flexibility index (Phi) is 3.11. The molecule has 0 spiro atoms. The number of benzene rings is 1. The Morgan fingerprint density at radius 1 is 1.33 bits per heavy atom. The maximum atomic E-state index is 9.22. The van der Waals surface area contributed by atoms with Gasteiger partial charge in [0.25, 0.3) is 0 Å². The van der Waals surface area contributed by atoms with Crippen molar-refractivity contribution < 1.29 is 5.11 Å². The number of hydrogen-bond donors (Lipinski definition) is 2. The van der Waals surface area contributed by atoms with Gasteiger partial charge in [-0.25, -0.2) is 0 Å². The highest BCUT2D eigenvalue weighted by Crippen LogP contribution is 2.21. The van der Waals surface area contributed by atoms with Crippen molar-refractivity contribution in [2.24, 2.45) is 0 Å². The molecule has 82 valence electrons. The van der Waals surface area contributed by atoms with Gasteiger partial charge >= 0.3 is 0 Å². The molecule has 0 aromatic heterocycles. The third-order valence-corrected chi connectivity index (χ3v) is 3.08. The van der Waals surface area contributed by atoms with Crippen LogP contribution in [-0.4, -0.2) is 31.3 Å². The SMILES string of the molecule is CN(c1ccc(O)cc1)C1CCCNC1. The summed E-state index contributed by atoms with van der Waals surface area (Å²) >= 11 is 0. The topological polar surface area (TPSA) is 35.5 Å². The van der Waals surface area contributed by atoms with Crippen molar-refractivity contribution in [1.82, 2.24) is 5.32 Å². The maximum Gasteiger partial charge on any atom is 0.115 e. The number of rotatable bonds is 2. The summed E-state index contributed by atoms with van der Waals surface area (Å²) in [4.78, 5) is 2.28. The average molecular weight is 206 g/mol. The summed E-state index contributed by atoms with van der Waals surface area (Å²) in [7, 11) is 2.12. The van der Waals surface area contributed by atoms with Gasteiger partial charge in [-0.05, 0) is 43.7 Å². The first-order valence-electron chi connectivity index (χ1n) is 5.50. The largest absolute Gasteiger partial charge is 0.508 e.